The fraction of sp³-hybridized carbons (Fsp3) is 0.643. The molecule has 202 valence electrons. The molecule has 2 rings (SSSR count). The molecular formula is C28H58FeSi6. The van der Waals surface area contributed by atoms with Gasteiger partial charge in [0.05, 0.1) is 16.1 Å². The topological polar surface area (TPSA) is 0 Å². The standard InChI is InChI=1S/2C14H29Si3.Fe/c2*1-15(2,3)12-10-13(16(4,5)6)14(11-12)17(7,8)9;/h2*10-11H,1-9H3;/q2*-1;+2. The molecule has 2 aromatic rings. The van der Waals surface area contributed by atoms with Crippen LogP contribution < -0.4 is 31.1 Å². The Bertz CT molecular complexity index is 813. The average molecular weight is 619 g/mol. The maximum atomic E-state index is 2.58. The van der Waals surface area contributed by atoms with Gasteiger partial charge in [0.1, 0.15) is 0 Å². The molecule has 0 atom stereocenters. The predicted molar refractivity (Wildman–Crippen MR) is 182 cm³/mol. The van der Waals surface area contributed by atoms with Gasteiger partial charge < -0.3 is 0 Å². The summed E-state index contributed by atoms with van der Waals surface area (Å²) in [5.41, 5.74) is 0. The first-order valence-corrected chi connectivity index (χ1v) is 34.3. The summed E-state index contributed by atoms with van der Waals surface area (Å²) in [6.07, 6.45) is 0. The molecule has 0 saturated heterocycles. The van der Waals surface area contributed by atoms with Crippen molar-refractivity contribution in [3.05, 3.63) is 24.3 Å². The van der Waals surface area contributed by atoms with Gasteiger partial charge in [0.15, 0.2) is 0 Å². The van der Waals surface area contributed by atoms with Gasteiger partial charge in [0.2, 0.25) is 0 Å². The maximum Gasteiger partial charge on any atom is 2.00 e. The Morgan fingerprint density at radius 2 is 0.629 bits per heavy atom. The van der Waals surface area contributed by atoms with Crippen molar-refractivity contribution in [2.45, 2.75) is 118 Å². The zero-order valence-corrected chi connectivity index (χ0v) is 33.8. The van der Waals surface area contributed by atoms with Gasteiger partial charge in [0.25, 0.3) is 0 Å². The van der Waals surface area contributed by atoms with Crippen LogP contribution in [0.25, 0.3) is 0 Å². The Morgan fingerprint density at radius 1 is 0.400 bits per heavy atom. The molecule has 0 aliphatic carbocycles. The van der Waals surface area contributed by atoms with Gasteiger partial charge in [-0.1, -0.05) is 118 Å². The minimum absolute atomic E-state index is 0. The smallest absolute Gasteiger partial charge is 0.213 e. The van der Waals surface area contributed by atoms with Gasteiger partial charge in [-0.25, -0.2) is 22.5 Å². The largest absolute Gasteiger partial charge is 2.00 e. The van der Waals surface area contributed by atoms with Gasteiger partial charge in [-0.05, 0) is 0 Å². The third-order valence-electron chi connectivity index (χ3n) is 6.74. The van der Waals surface area contributed by atoms with E-state index in [-0.39, 0.29) is 17.1 Å². The van der Waals surface area contributed by atoms with Gasteiger partial charge in [-0.3, -0.25) is 0 Å². The zero-order chi connectivity index (χ0) is 27.3. The molecule has 0 fully saturated rings. The van der Waals surface area contributed by atoms with Crippen LogP contribution in [0.15, 0.2) is 24.3 Å². The molecular weight excluding hydrogens is 561 g/mol. The number of rotatable bonds is 6. The zero-order valence-electron chi connectivity index (χ0n) is 26.7. The molecule has 0 saturated carbocycles. The monoisotopic (exact) mass is 618 g/mol. The van der Waals surface area contributed by atoms with Crippen molar-refractivity contribution in [2.75, 3.05) is 0 Å². The molecule has 0 aliphatic heterocycles. The van der Waals surface area contributed by atoms with Crippen molar-refractivity contribution in [3.63, 3.8) is 0 Å². The van der Waals surface area contributed by atoms with Crippen LogP contribution in [0.2, 0.25) is 118 Å². The van der Waals surface area contributed by atoms with E-state index in [9.17, 15) is 0 Å². The molecule has 7 heteroatoms. The van der Waals surface area contributed by atoms with Crippen LogP contribution in [0.1, 0.15) is 0 Å². The van der Waals surface area contributed by atoms with E-state index in [4.69, 9.17) is 0 Å². The second-order valence-electron chi connectivity index (χ2n) is 16.6. The third-order valence-corrected chi connectivity index (χ3v) is 19.4. The van der Waals surface area contributed by atoms with E-state index in [0.717, 1.165) is 0 Å². The van der Waals surface area contributed by atoms with Crippen molar-refractivity contribution >= 4 is 79.6 Å². The van der Waals surface area contributed by atoms with Crippen LogP contribution in [0, 0.1) is 0 Å². The average Bonchev–Trinajstić information content (AvgIpc) is 3.18. The summed E-state index contributed by atoms with van der Waals surface area (Å²) in [7, 11) is -7.07. The van der Waals surface area contributed by atoms with Gasteiger partial charge in [-0.15, -0.1) is 0 Å². The summed E-state index contributed by atoms with van der Waals surface area (Å²) < 4.78 is 0. The van der Waals surface area contributed by atoms with Crippen LogP contribution in [-0.2, 0) is 17.1 Å². The Labute approximate surface area is 237 Å². The van der Waals surface area contributed by atoms with E-state index in [2.05, 4.69) is 142 Å². The van der Waals surface area contributed by atoms with Crippen LogP contribution in [0.5, 0.6) is 0 Å². The normalized spacial score (nSPS) is 13.8. The van der Waals surface area contributed by atoms with Crippen LogP contribution in [-0.4, -0.2) is 48.4 Å². The molecule has 2 aromatic carbocycles. The summed E-state index contributed by atoms with van der Waals surface area (Å²) in [6, 6.07) is 10.3. The summed E-state index contributed by atoms with van der Waals surface area (Å²) in [5, 5.41) is 10.3. The summed E-state index contributed by atoms with van der Waals surface area (Å²) in [5.74, 6) is 0. The van der Waals surface area contributed by atoms with Crippen LogP contribution >= 0.6 is 0 Å². The van der Waals surface area contributed by atoms with E-state index >= 15 is 0 Å². The van der Waals surface area contributed by atoms with Gasteiger partial charge in [-0.2, -0.15) is 32.9 Å². The van der Waals surface area contributed by atoms with Crippen molar-refractivity contribution in [1.29, 1.82) is 0 Å². The summed E-state index contributed by atoms with van der Waals surface area (Å²) in [6.45, 7) is 44.6. The molecule has 0 heterocycles. The van der Waals surface area contributed by atoms with E-state index in [1.54, 1.807) is 31.1 Å². The third kappa shape index (κ3) is 9.97. The fourth-order valence-electron chi connectivity index (χ4n) is 4.36. The van der Waals surface area contributed by atoms with Crippen LogP contribution in [0.4, 0.5) is 0 Å². The SMILES string of the molecule is C[Si](C)(C)c1cc([Si](C)(C)C)[c-]([Si](C)(C)C)c1.C[Si](C)(C)c1cc([Si](C)(C)C)[c-]([Si](C)(C)C)c1.[Fe+2]. The molecule has 0 N–H and O–H groups in total. The first-order valence-electron chi connectivity index (χ1n) is 13.3. The molecule has 0 radical (unpaired) electrons. The molecule has 0 nitrogen and oxygen atoms in total. The molecule has 0 aromatic heterocycles. The number of hydrogen-bond acceptors (Lipinski definition) is 0. The Kier molecular flexibility index (Phi) is 11.5. The van der Waals surface area contributed by atoms with Gasteiger partial charge in [0, 0.05) is 32.3 Å². The molecule has 0 spiro atoms. The van der Waals surface area contributed by atoms with Crippen molar-refractivity contribution in [2.24, 2.45) is 0 Å². The minimum atomic E-state index is -1.19. The van der Waals surface area contributed by atoms with Crippen molar-refractivity contribution in [1.82, 2.24) is 0 Å². The molecule has 0 amide bonds. The second-order valence-corrected chi connectivity index (χ2v) is 47.0. The van der Waals surface area contributed by atoms with Crippen molar-refractivity contribution < 1.29 is 17.1 Å². The minimum Gasteiger partial charge on any atom is -0.213 e. The molecule has 0 bridgehead atoms. The summed E-state index contributed by atoms with van der Waals surface area (Å²) in [4.78, 5) is 0. The molecule has 35 heavy (non-hydrogen) atoms. The van der Waals surface area contributed by atoms with E-state index in [1.807, 2.05) is 0 Å². The van der Waals surface area contributed by atoms with Gasteiger partial charge >= 0.3 is 17.1 Å². The van der Waals surface area contributed by atoms with E-state index in [1.165, 1.54) is 0 Å². The predicted octanol–water partition coefficient (Wildman–Crippen LogP) is 6.08. The second kappa shape index (κ2) is 11.3. The quantitative estimate of drug-likeness (QED) is 0.272. The van der Waals surface area contributed by atoms with Crippen LogP contribution in [0.3, 0.4) is 0 Å². The van der Waals surface area contributed by atoms with E-state index < -0.39 is 48.4 Å². The summed E-state index contributed by atoms with van der Waals surface area (Å²) >= 11 is 0. The first kappa shape index (κ1) is 35.5. The molecule has 0 aliphatic rings. The first-order chi connectivity index (χ1) is 14.7. The Balaban J connectivity index is 0.000000642. The molecule has 0 unspecified atom stereocenters. The Morgan fingerprint density at radius 3 is 0.743 bits per heavy atom. The Hall–Kier alpha value is 0.521. The maximum absolute atomic E-state index is 2.58. The fourth-order valence-corrected chi connectivity index (χ4v) is 17.6. The number of hydrogen-bond donors (Lipinski definition) is 0. The van der Waals surface area contributed by atoms with E-state index in [0.29, 0.717) is 0 Å². The van der Waals surface area contributed by atoms with Crippen molar-refractivity contribution in [3.8, 4) is 0 Å².